The molecule has 0 aliphatic heterocycles. The zero-order chi connectivity index (χ0) is 19.7. The normalized spacial score (nSPS) is 18.7. The number of carbonyl (C=O) groups is 1. The first kappa shape index (κ1) is 18.6. The summed E-state index contributed by atoms with van der Waals surface area (Å²) in [5.74, 6) is -0.104. The summed E-state index contributed by atoms with van der Waals surface area (Å²) in [6.45, 7) is 1.91. The van der Waals surface area contributed by atoms with Gasteiger partial charge < -0.3 is 15.5 Å². The van der Waals surface area contributed by atoms with E-state index in [-0.39, 0.29) is 24.7 Å². The number of aliphatic hydroxyl groups is 2. The van der Waals surface area contributed by atoms with Gasteiger partial charge >= 0.3 is 0 Å². The number of fused-ring (bicyclic) bond motifs is 1. The predicted octanol–water partition coefficient (Wildman–Crippen LogP) is 2.88. The average molecular weight is 376 g/mol. The standard InChI is InChI=1S/C23H24N2O3/c1-14-8-18(13-26)21-7-3-5-16(22(21)24-14)9-15-4-2-6-17(10-15)23(28)25-19-11-20(27)12-19/h2-8,10,19-20,26-27H,9,11-13H2,1H3,(H,25,28). The maximum absolute atomic E-state index is 12.5. The minimum absolute atomic E-state index is 0.0190. The Bertz CT molecular complexity index is 1030. The minimum atomic E-state index is -0.289. The number of aromatic nitrogens is 1. The molecule has 1 aromatic heterocycles. The largest absolute Gasteiger partial charge is 0.393 e. The first-order valence-corrected chi connectivity index (χ1v) is 9.60. The molecule has 5 heteroatoms. The lowest BCUT2D eigenvalue weighted by Gasteiger charge is -2.31. The summed E-state index contributed by atoms with van der Waals surface area (Å²) in [5, 5.41) is 23.0. The first-order chi connectivity index (χ1) is 13.5. The Morgan fingerprint density at radius 2 is 1.93 bits per heavy atom. The van der Waals surface area contributed by atoms with Gasteiger partial charge in [0.25, 0.3) is 5.91 Å². The van der Waals surface area contributed by atoms with E-state index in [0.29, 0.717) is 24.8 Å². The molecule has 3 aromatic rings. The molecule has 1 fully saturated rings. The van der Waals surface area contributed by atoms with Gasteiger partial charge in [0, 0.05) is 22.7 Å². The van der Waals surface area contributed by atoms with E-state index in [2.05, 4.69) is 10.3 Å². The van der Waals surface area contributed by atoms with Crippen molar-refractivity contribution in [1.29, 1.82) is 0 Å². The van der Waals surface area contributed by atoms with Crippen LogP contribution in [-0.2, 0) is 13.0 Å². The van der Waals surface area contributed by atoms with E-state index in [9.17, 15) is 15.0 Å². The monoisotopic (exact) mass is 376 g/mol. The number of hydrogen-bond donors (Lipinski definition) is 3. The Morgan fingerprint density at radius 1 is 1.14 bits per heavy atom. The van der Waals surface area contributed by atoms with Crippen molar-refractivity contribution in [3.8, 4) is 0 Å². The molecule has 1 aliphatic rings. The molecule has 5 nitrogen and oxygen atoms in total. The fraction of sp³-hybridized carbons (Fsp3) is 0.304. The Balaban J connectivity index is 1.59. The molecule has 2 aromatic carbocycles. The van der Waals surface area contributed by atoms with Crippen molar-refractivity contribution in [2.24, 2.45) is 0 Å². The van der Waals surface area contributed by atoms with Crippen LogP contribution in [0.1, 0.15) is 45.6 Å². The highest BCUT2D eigenvalue weighted by Gasteiger charge is 2.28. The van der Waals surface area contributed by atoms with Gasteiger partial charge in [-0.05, 0) is 61.1 Å². The zero-order valence-electron chi connectivity index (χ0n) is 15.9. The second-order valence-electron chi connectivity index (χ2n) is 7.57. The number of hydrogen-bond acceptors (Lipinski definition) is 4. The van der Waals surface area contributed by atoms with E-state index < -0.39 is 0 Å². The lowest BCUT2D eigenvalue weighted by Crippen LogP contribution is -2.46. The summed E-state index contributed by atoms with van der Waals surface area (Å²) in [7, 11) is 0. The summed E-state index contributed by atoms with van der Waals surface area (Å²) in [4.78, 5) is 17.2. The highest BCUT2D eigenvalue weighted by atomic mass is 16.3. The molecule has 3 N–H and O–H groups in total. The summed E-state index contributed by atoms with van der Waals surface area (Å²) < 4.78 is 0. The van der Waals surface area contributed by atoms with Crippen LogP contribution in [0.3, 0.4) is 0 Å². The van der Waals surface area contributed by atoms with Gasteiger partial charge in [-0.3, -0.25) is 9.78 Å². The zero-order valence-corrected chi connectivity index (χ0v) is 15.9. The average Bonchev–Trinajstić information content (AvgIpc) is 2.67. The Morgan fingerprint density at radius 3 is 2.68 bits per heavy atom. The molecule has 1 amide bonds. The van der Waals surface area contributed by atoms with Crippen molar-refractivity contribution >= 4 is 16.8 Å². The van der Waals surface area contributed by atoms with Crippen LogP contribution in [0.2, 0.25) is 0 Å². The molecule has 0 spiro atoms. The van der Waals surface area contributed by atoms with Gasteiger partial charge in [-0.25, -0.2) is 0 Å². The highest BCUT2D eigenvalue weighted by molar-refractivity contribution is 5.94. The third-order valence-electron chi connectivity index (χ3n) is 5.34. The molecule has 0 atom stereocenters. The molecular weight excluding hydrogens is 352 g/mol. The van der Waals surface area contributed by atoms with Crippen LogP contribution in [0.15, 0.2) is 48.5 Å². The lowest BCUT2D eigenvalue weighted by atomic mass is 9.89. The number of aliphatic hydroxyl groups excluding tert-OH is 2. The summed E-state index contributed by atoms with van der Waals surface area (Å²) in [6, 6.07) is 15.6. The number of pyridine rings is 1. The number of carbonyl (C=O) groups excluding carboxylic acids is 1. The van der Waals surface area contributed by atoms with Crippen LogP contribution in [0.5, 0.6) is 0 Å². The number of aryl methyl sites for hydroxylation is 1. The maximum atomic E-state index is 12.5. The summed E-state index contributed by atoms with van der Waals surface area (Å²) in [6.07, 6.45) is 1.61. The molecule has 0 radical (unpaired) electrons. The number of rotatable bonds is 5. The molecular formula is C23H24N2O3. The van der Waals surface area contributed by atoms with Crippen LogP contribution in [0.4, 0.5) is 0 Å². The van der Waals surface area contributed by atoms with Crippen LogP contribution < -0.4 is 5.32 Å². The van der Waals surface area contributed by atoms with E-state index >= 15 is 0 Å². The Kier molecular flexibility index (Phi) is 5.11. The van der Waals surface area contributed by atoms with Gasteiger partial charge in [-0.15, -0.1) is 0 Å². The van der Waals surface area contributed by atoms with Crippen LogP contribution >= 0.6 is 0 Å². The van der Waals surface area contributed by atoms with Crippen molar-refractivity contribution in [2.75, 3.05) is 0 Å². The molecule has 4 rings (SSSR count). The van der Waals surface area contributed by atoms with Gasteiger partial charge in [0.1, 0.15) is 0 Å². The van der Waals surface area contributed by atoms with E-state index in [0.717, 1.165) is 33.3 Å². The van der Waals surface area contributed by atoms with Gasteiger partial charge in [-0.2, -0.15) is 0 Å². The Hall–Kier alpha value is -2.76. The summed E-state index contributed by atoms with van der Waals surface area (Å²) >= 11 is 0. The SMILES string of the molecule is Cc1cc(CO)c2cccc(Cc3cccc(C(=O)NC4CC(O)C4)c3)c2n1. The van der Waals surface area contributed by atoms with E-state index in [1.54, 1.807) is 0 Å². The number of amides is 1. The van der Waals surface area contributed by atoms with Gasteiger partial charge in [0.05, 0.1) is 18.2 Å². The third kappa shape index (κ3) is 3.77. The van der Waals surface area contributed by atoms with Crippen LogP contribution in [-0.4, -0.2) is 33.3 Å². The Labute approximate surface area is 164 Å². The number of nitrogens with zero attached hydrogens (tertiary/aromatic N) is 1. The van der Waals surface area contributed by atoms with Crippen molar-refractivity contribution in [2.45, 2.75) is 44.9 Å². The van der Waals surface area contributed by atoms with Crippen molar-refractivity contribution in [1.82, 2.24) is 10.3 Å². The summed E-state index contributed by atoms with van der Waals surface area (Å²) in [5.41, 5.74) is 5.36. The minimum Gasteiger partial charge on any atom is -0.393 e. The fourth-order valence-corrected chi connectivity index (χ4v) is 3.81. The number of benzene rings is 2. The van der Waals surface area contributed by atoms with E-state index in [1.807, 2.05) is 55.5 Å². The van der Waals surface area contributed by atoms with Crippen molar-refractivity contribution in [3.63, 3.8) is 0 Å². The van der Waals surface area contributed by atoms with Crippen molar-refractivity contribution in [3.05, 3.63) is 76.5 Å². The second kappa shape index (κ2) is 7.70. The quantitative estimate of drug-likeness (QED) is 0.639. The predicted molar refractivity (Wildman–Crippen MR) is 108 cm³/mol. The molecule has 0 bridgehead atoms. The first-order valence-electron chi connectivity index (χ1n) is 9.60. The number of nitrogens with one attached hydrogen (secondary N) is 1. The maximum Gasteiger partial charge on any atom is 0.251 e. The molecule has 1 aliphatic carbocycles. The second-order valence-corrected chi connectivity index (χ2v) is 7.57. The highest BCUT2D eigenvalue weighted by Crippen LogP contribution is 2.25. The molecule has 1 saturated carbocycles. The van der Waals surface area contributed by atoms with Crippen molar-refractivity contribution < 1.29 is 15.0 Å². The molecule has 28 heavy (non-hydrogen) atoms. The fourth-order valence-electron chi connectivity index (χ4n) is 3.81. The van der Waals surface area contributed by atoms with Gasteiger partial charge in [0.15, 0.2) is 0 Å². The molecule has 144 valence electrons. The lowest BCUT2D eigenvalue weighted by molar-refractivity contribution is 0.0562. The molecule has 0 saturated heterocycles. The number of para-hydroxylation sites is 1. The topological polar surface area (TPSA) is 82.5 Å². The third-order valence-corrected chi connectivity index (χ3v) is 5.34. The van der Waals surface area contributed by atoms with Gasteiger partial charge in [-0.1, -0.05) is 30.3 Å². The van der Waals surface area contributed by atoms with Gasteiger partial charge in [0.2, 0.25) is 0 Å². The van der Waals surface area contributed by atoms with E-state index in [1.165, 1.54) is 0 Å². The smallest absolute Gasteiger partial charge is 0.251 e. The molecule has 0 unspecified atom stereocenters. The van der Waals surface area contributed by atoms with Crippen LogP contribution in [0, 0.1) is 6.92 Å². The van der Waals surface area contributed by atoms with Crippen LogP contribution in [0.25, 0.3) is 10.9 Å². The molecule has 1 heterocycles. The van der Waals surface area contributed by atoms with E-state index in [4.69, 9.17) is 0 Å².